The van der Waals surface area contributed by atoms with Crippen molar-refractivity contribution in [3.05, 3.63) is 11.9 Å². The van der Waals surface area contributed by atoms with Gasteiger partial charge in [-0.3, -0.25) is 0 Å². The predicted octanol–water partition coefficient (Wildman–Crippen LogP) is -0.167. The Morgan fingerprint density at radius 2 is 2.50 bits per heavy atom. The van der Waals surface area contributed by atoms with Crippen LogP contribution >= 0.6 is 0 Å². The maximum absolute atomic E-state index is 8.52. The van der Waals surface area contributed by atoms with Crippen LogP contribution in [0.4, 0.5) is 0 Å². The summed E-state index contributed by atoms with van der Waals surface area (Å²) >= 11 is 0. The molecule has 56 valence electrons. The topological polar surface area (TPSA) is 50.9 Å². The molecule has 0 spiro atoms. The van der Waals surface area contributed by atoms with Gasteiger partial charge in [-0.1, -0.05) is 0 Å². The molecule has 1 heterocycles. The van der Waals surface area contributed by atoms with Crippen LogP contribution in [-0.2, 0) is 13.0 Å². The SMILES string of the molecule is CCn1ncc(CCO)n1. The zero-order valence-corrected chi connectivity index (χ0v) is 5.99. The molecule has 0 saturated heterocycles. The van der Waals surface area contributed by atoms with Crippen molar-refractivity contribution in [1.82, 2.24) is 15.0 Å². The Hall–Kier alpha value is -0.900. The van der Waals surface area contributed by atoms with Crippen molar-refractivity contribution in [2.45, 2.75) is 19.9 Å². The molecular weight excluding hydrogens is 130 g/mol. The van der Waals surface area contributed by atoms with Gasteiger partial charge in [0.1, 0.15) is 0 Å². The van der Waals surface area contributed by atoms with Gasteiger partial charge in [0, 0.05) is 13.0 Å². The van der Waals surface area contributed by atoms with E-state index in [9.17, 15) is 0 Å². The first-order valence-electron chi connectivity index (χ1n) is 3.36. The molecule has 0 aliphatic heterocycles. The summed E-state index contributed by atoms with van der Waals surface area (Å²) in [6.07, 6.45) is 2.28. The van der Waals surface area contributed by atoms with Crippen LogP contribution < -0.4 is 0 Å². The van der Waals surface area contributed by atoms with Crippen molar-refractivity contribution in [1.29, 1.82) is 0 Å². The molecule has 0 unspecified atom stereocenters. The van der Waals surface area contributed by atoms with Crippen molar-refractivity contribution in [2.24, 2.45) is 0 Å². The normalized spacial score (nSPS) is 10.2. The Labute approximate surface area is 59.5 Å². The number of aromatic nitrogens is 3. The molecule has 0 radical (unpaired) electrons. The van der Waals surface area contributed by atoms with Gasteiger partial charge in [-0.15, -0.1) is 0 Å². The van der Waals surface area contributed by atoms with E-state index >= 15 is 0 Å². The van der Waals surface area contributed by atoms with E-state index in [2.05, 4.69) is 10.2 Å². The first-order chi connectivity index (χ1) is 4.86. The molecule has 0 atom stereocenters. The molecule has 0 aromatic carbocycles. The second kappa shape index (κ2) is 3.31. The van der Waals surface area contributed by atoms with Gasteiger partial charge >= 0.3 is 0 Å². The fourth-order valence-electron chi connectivity index (χ4n) is 0.715. The fourth-order valence-corrected chi connectivity index (χ4v) is 0.715. The molecule has 1 N–H and O–H groups in total. The number of aliphatic hydroxyl groups is 1. The van der Waals surface area contributed by atoms with E-state index in [-0.39, 0.29) is 6.61 Å². The summed E-state index contributed by atoms with van der Waals surface area (Å²) in [6, 6.07) is 0. The molecular formula is C6H11N3O. The van der Waals surface area contributed by atoms with Gasteiger partial charge in [-0.05, 0) is 6.92 Å². The van der Waals surface area contributed by atoms with Gasteiger partial charge < -0.3 is 5.11 Å². The summed E-state index contributed by atoms with van der Waals surface area (Å²) in [5.41, 5.74) is 0.851. The van der Waals surface area contributed by atoms with Crippen molar-refractivity contribution in [2.75, 3.05) is 6.61 Å². The van der Waals surface area contributed by atoms with Crippen LogP contribution in [0.5, 0.6) is 0 Å². The van der Waals surface area contributed by atoms with Gasteiger partial charge in [0.25, 0.3) is 0 Å². The summed E-state index contributed by atoms with van der Waals surface area (Å²) in [5, 5.41) is 16.5. The van der Waals surface area contributed by atoms with Crippen molar-refractivity contribution in [3.8, 4) is 0 Å². The summed E-state index contributed by atoms with van der Waals surface area (Å²) in [4.78, 5) is 1.60. The van der Waals surface area contributed by atoms with E-state index in [0.29, 0.717) is 6.42 Å². The molecule has 0 fully saturated rings. The van der Waals surface area contributed by atoms with Gasteiger partial charge in [-0.25, -0.2) is 0 Å². The standard InChI is InChI=1S/C6H11N3O/c1-2-9-7-5-6(8-9)3-4-10/h5,10H,2-4H2,1H3. The zero-order chi connectivity index (χ0) is 7.40. The summed E-state index contributed by atoms with van der Waals surface area (Å²) in [5.74, 6) is 0. The molecule has 1 aromatic heterocycles. The molecule has 0 amide bonds. The highest BCUT2D eigenvalue weighted by atomic mass is 16.3. The first kappa shape index (κ1) is 7.21. The van der Waals surface area contributed by atoms with Crippen molar-refractivity contribution >= 4 is 0 Å². The second-order valence-electron chi connectivity index (χ2n) is 2.00. The van der Waals surface area contributed by atoms with Gasteiger partial charge in [0.2, 0.25) is 0 Å². The number of aryl methyl sites for hydroxylation is 1. The lowest BCUT2D eigenvalue weighted by molar-refractivity contribution is 0.297. The zero-order valence-electron chi connectivity index (χ0n) is 5.99. The molecule has 0 aliphatic carbocycles. The Morgan fingerprint density at radius 3 is 3.00 bits per heavy atom. The third kappa shape index (κ3) is 1.54. The summed E-state index contributed by atoms with van der Waals surface area (Å²) in [7, 11) is 0. The molecule has 0 saturated carbocycles. The van der Waals surface area contributed by atoms with Crippen LogP contribution in [0.25, 0.3) is 0 Å². The van der Waals surface area contributed by atoms with Gasteiger partial charge in [-0.2, -0.15) is 15.0 Å². The maximum atomic E-state index is 8.52. The minimum atomic E-state index is 0.141. The largest absolute Gasteiger partial charge is 0.396 e. The van der Waals surface area contributed by atoms with Crippen LogP contribution in [0.2, 0.25) is 0 Å². The monoisotopic (exact) mass is 141 g/mol. The molecule has 10 heavy (non-hydrogen) atoms. The minimum Gasteiger partial charge on any atom is -0.396 e. The Morgan fingerprint density at radius 1 is 1.70 bits per heavy atom. The molecule has 0 aliphatic rings. The lowest BCUT2D eigenvalue weighted by Gasteiger charge is -1.89. The minimum absolute atomic E-state index is 0.141. The summed E-state index contributed by atoms with van der Waals surface area (Å²) < 4.78 is 0. The molecule has 1 aromatic rings. The smallest absolute Gasteiger partial charge is 0.0850 e. The average molecular weight is 141 g/mol. The molecule has 4 nitrogen and oxygen atoms in total. The maximum Gasteiger partial charge on any atom is 0.0850 e. The van der Waals surface area contributed by atoms with Crippen molar-refractivity contribution < 1.29 is 5.11 Å². The Balaban J connectivity index is 2.59. The lowest BCUT2D eigenvalue weighted by Crippen LogP contribution is -1.99. The highest BCUT2D eigenvalue weighted by Crippen LogP contribution is 1.91. The quantitative estimate of drug-likeness (QED) is 0.636. The van der Waals surface area contributed by atoms with Crippen LogP contribution in [0.15, 0.2) is 6.20 Å². The van der Waals surface area contributed by atoms with Gasteiger partial charge in [0.05, 0.1) is 18.4 Å². The van der Waals surface area contributed by atoms with Crippen LogP contribution in [0, 0.1) is 0 Å². The number of rotatable bonds is 3. The second-order valence-corrected chi connectivity index (χ2v) is 2.00. The van der Waals surface area contributed by atoms with E-state index < -0.39 is 0 Å². The highest BCUT2D eigenvalue weighted by Gasteiger charge is 1.95. The number of nitrogens with zero attached hydrogens (tertiary/aromatic N) is 3. The molecule has 0 bridgehead atoms. The third-order valence-electron chi connectivity index (χ3n) is 1.23. The van der Waals surface area contributed by atoms with Crippen LogP contribution in [0.1, 0.15) is 12.6 Å². The van der Waals surface area contributed by atoms with Gasteiger partial charge in [0.15, 0.2) is 0 Å². The predicted molar refractivity (Wildman–Crippen MR) is 36.5 cm³/mol. The Kier molecular flexibility index (Phi) is 2.39. The van der Waals surface area contributed by atoms with E-state index in [4.69, 9.17) is 5.11 Å². The number of hydrogen-bond donors (Lipinski definition) is 1. The molecule has 4 heteroatoms. The average Bonchev–Trinajstić information content (AvgIpc) is 2.37. The van der Waals surface area contributed by atoms with Crippen LogP contribution in [-0.4, -0.2) is 26.7 Å². The molecule has 1 rings (SSSR count). The fraction of sp³-hybridized carbons (Fsp3) is 0.667. The number of aliphatic hydroxyl groups excluding tert-OH is 1. The van der Waals surface area contributed by atoms with E-state index in [0.717, 1.165) is 12.2 Å². The third-order valence-corrected chi connectivity index (χ3v) is 1.23. The van der Waals surface area contributed by atoms with Crippen molar-refractivity contribution in [3.63, 3.8) is 0 Å². The van der Waals surface area contributed by atoms with E-state index in [1.165, 1.54) is 0 Å². The van der Waals surface area contributed by atoms with E-state index in [1.54, 1.807) is 11.0 Å². The van der Waals surface area contributed by atoms with E-state index in [1.807, 2.05) is 6.92 Å². The summed E-state index contributed by atoms with van der Waals surface area (Å²) in [6.45, 7) is 2.90. The highest BCUT2D eigenvalue weighted by molar-refractivity contribution is 4.90. The number of hydrogen-bond acceptors (Lipinski definition) is 3. The lowest BCUT2D eigenvalue weighted by atomic mass is 10.4. The first-order valence-corrected chi connectivity index (χ1v) is 3.36. The van der Waals surface area contributed by atoms with Crippen LogP contribution in [0.3, 0.4) is 0 Å². The Bertz CT molecular complexity index is 197.